The summed E-state index contributed by atoms with van der Waals surface area (Å²) in [5.74, 6) is 5.61. The van der Waals surface area contributed by atoms with Crippen LogP contribution < -0.4 is 16.7 Å². The van der Waals surface area contributed by atoms with Gasteiger partial charge in [-0.05, 0) is 43.2 Å². The lowest BCUT2D eigenvalue weighted by molar-refractivity contribution is 0.0600. The van der Waals surface area contributed by atoms with Crippen LogP contribution in [0.1, 0.15) is 27.2 Å². The summed E-state index contributed by atoms with van der Waals surface area (Å²) in [5.41, 5.74) is 7.15. The predicted octanol–water partition coefficient (Wildman–Crippen LogP) is 1.86. The molecule has 126 valence electrons. The van der Waals surface area contributed by atoms with E-state index in [1.807, 2.05) is 19.3 Å². The average molecular weight is 330 g/mol. The number of carbonyl (C=O) groups excluding carboxylic acids is 2. The maximum absolute atomic E-state index is 11.7. The number of esters is 1. The highest BCUT2D eigenvalue weighted by atomic mass is 16.5. The molecule has 0 spiro atoms. The molecule has 0 unspecified atom stereocenters. The van der Waals surface area contributed by atoms with E-state index in [2.05, 4.69) is 10.5 Å². The van der Waals surface area contributed by atoms with Crippen molar-refractivity contribution in [1.82, 2.24) is 10.9 Å². The number of nitrogens with zero attached hydrogens (tertiary/aromatic N) is 1. The summed E-state index contributed by atoms with van der Waals surface area (Å²) >= 11 is 0. The lowest BCUT2D eigenvalue weighted by atomic mass is 9.97. The molecule has 4 N–H and O–H groups in total. The number of urea groups is 1. The Balaban J connectivity index is 2.26. The summed E-state index contributed by atoms with van der Waals surface area (Å²) in [6.45, 7) is 3.76. The Morgan fingerprint density at radius 3 is 2.62 bits per heavy atom. The quantitative estimate of drug-likeness (QED) is 0.260. The minimum Gasteiger partial charge on any atom is -0.465 e. The van der Waals surface area contributed by atoms with Crippen molar-refractivity contribution in [2.45, 2.75) is 13.8 Å². The number of hydrogen-bond donors (Lipinski definition) is 3. The number of benzene rings is 1. The molecule has 1 heterocycles. The van der Waals surface area contributed by atoms with Crippen molar-refractivity contribution in [3.8, 4) is 11.3 Å². The minimum atomic E-state index is -0.636. The Bertz CT molecular complexity index is 795. The number of carbonyl (C=O) groups is 2. The van der Waals surface area contributed by atoms with Crippen LogP contribution in [0.2, 0.25) is 0 Å². The van der Waals surface area contributed by atoms with E-state index in [9.17, 15) is 9.59 Å². The molecule has 2 amide bonds. The zero-order valence-electron chi connectivity index (χ0n) is 13.5. The lowest BCUT2D eigenvalue weighted by Crippen LogP contribution is -2.37. The van der Waals surface area contributed by atoms with Crippen molar-refractivity contribution < 1.29 is 18.7 Å². The Hall–Kier alpha value is -3.13. The normalized spacial score (nSPS) is 10.7. The lowest BCUT2D eigenvalue weighted by Gasteiger charge is -2.10. The van der Waals surface area contributed by atoms with Gasteiger partial charge in [0, 0.05) is 5.56 Å². The summed E-state index contributed by atoms with van der Waals surface area (Å²) in [7, 11) is 1.35. The van der Waals surface area contributed by atoms with Crippen LogP contribution in [-0.4, -0.2) is 25.3 Å². The topological polar surface area (TPSA) is 119 Å². The first-order chi connectivity index (χ1) is 11.5. The third-order valence-corrected chi connectivity index (χ3v) is 3.57. The SMILES string of the molecule is COC(=O)c1ccc(-c2ccc(/C=N/NC(=O)NN)o2)c(C)c1C. The summed E-state index contributed by atoms with van der Waals surface area (Å²) in [4.78, 5) is 22.6. The molecule has 2 aromatic rings. The van der Waals surface area contributed by atoms with Crippen molar-refractivity contribution in [3.63, 3.8) is 0 Å². The van der Waals surface area contributed by atoms with Gasteiger partial charge in [-0.1, -0.05) is 6.07 Å². The fraction of sp³-hybridized carbons (Fsp3) is 0.188. The molecule has 1 aromatic carbocycles. The largest absolute Gasteiger partial charge is 0.465 e. The molecule has 0 bridgehead atoms. The van der Waals surface area contributed by atoms with E-state index < -0.39 is 6.03 Å². The Labute approximate surface area is 138 Å². The molecule has 0 atom stereocenters. The highest BCUT2D eigenvalue weighted by Crippen LogP contribution is 2.29. The maximum Gasteiger partial charge on any atom is 0.349 e. The first kappa shape index (κ1) is 17.2. The molecule has 0 aliphatic heterocycles. The fourth-order valence-corrected chi connectivity index (χ4v) is 2.17. The number of furan rings is 1. The van der Waals surface area contributed by atoms with Gasteiger partial charge in [-0.15, -0.1) is 0 Å². The molecule has 0 fully saturated rings. The molecule has 0 saturated carbocycles. The van der Waals surface area contributed by atoms with Gasteiger partial charge in [-0.2, -0.15) is 5.10 Å². The van der Waals surface area contributed by atoms with Gasteiger partial charge >= 0.3 is 12.0 Å². The number of hydrazine groups is 1. The van der Waals surface area contributed by atoms with Gasteiger partial charge in [0.25, 0.3) is 0 Å². The van der Waals surface area contributed by atoms with Gasteiger partial charge in [0.1, 0.15) is 11.5 Å². The van der Waals surface area contributed by atoms with E-state index in [-0.39, 0.29) is 5.97 Å². The van der Waals surface area contributed by atoms with Crippen molar-refractivity contribution in [2.24, 2.45) is 10.9 Å². The second kappa shape index (κ2) is 7.42. The number of nitrogens with two attached hydrogens (primary N) is 1. The molecule has 1 aromatic heterocycles. The monoisotopic (exact) mass is 330 g/mol. The summed E-state index contributed by atoms with van der Waals surface area (Å²) < 4.78 is 10.4. The Morgan fingerprint density at radius 2 is 1.96 bits per heavy atom. The number of ether oxygens (including phenoxy) is 1. The minimum absolute atomic E-state index is 0.376. The van der Waals surface area contributed by atoms with Crippen LogP contribution in [0.15, 0.2) is 33.8 Å². The zero-order chi connectivity index (χ0) is 17.7. The van der Waals surface area contributed by atoms with E-state index in [0.29, 0.717) is 17.1 Å². The second-order valence-electron chi connectivity index (χ2n) is 4.95. The fourth-order valence-electron chi connectivity index (χ4n) is 2.17. The molecular formula is C16H18N4O4. The van der Waals surface area contributed by atoms with E-state index >= 15 is 0 Å². The molecular weight excluding hydrogens is 312 g/mol. The first-order valence-electron chi connectivity index (χ1n) is 7.06. The third kappa shape index (κ3) is 3.61. The highest BCUT2D eigenvalue weighted by Gasteiger charge is 2.15. The van der Waals surface area contributed by atoms with Crippen LogP contribution >= 0.6 is 0 Å². The molecule has 8 nitrogen and oxygen atoms in total. The van der Waals surface area contributed by atoms with Crippen molar-refractivity contribution in [3.05, 3.63) is 46.7 Å². The van der Waals surface area contributed by atoms with Gasteiger partial charge in [0.15, 0.2) is 0 Å². The Kier molecular flexibility index (Phi) is 5.33. The average Bonchev–Trinajstić information content (AvgIpc) is 3.05. The Morgan fingerprint density at radius 1 is 1.21 bits per heavy atom. The molecule has 0 radical (unpaired) electrons. The molecule has 24 heavy (non-hydrogen) atoms. The standard InChI is InChI=1S/C16H18N4O4/c1-9-10(2)13(15(21)23-3)6-5-12(9)14-7-4-11(24-14)8-18-20-16(22)19-17/h4-8H,17H2,1-3H3,(H2,19,20,22)/b18-8+. The molecule has 8 heteroatoms. The number of nitrogens with one attached hydrogen (secondary N) is 2. The van der Waals surface area contributed by atoms with Gasteiger partial charge in [-0.3, -0.25) is 5.43 Å². The number of rotatable bonds is 4. The molecule has 2 rings (SSSR count). The molecule has 0 aliphatic carbocycles. The van der Waals surface area contributed by atoms with Gasteiger partial charge in [-0.25, -0.2) is 20.9 Å². The highest BCUT2D eigenvalue weighted by molar-refractivity contribution is 5.92. The van der Waals surface area contributed by atoms with Gasteiger partial charge in [0.05, 0.1) is 18.9 Å². The first-order valence-corrected chi connectivity index (χ1v) is 7.06. The smallest absolute Gasteiger partial charge is 0.349 e. The van der Waals surface area contributed by atoms with Crippen LogP contribution in [0, 0.1) is 13.8 Å². The summed E-state index contributed by atoms with van der Waals surface area (Å²) in [5, 5.41) is 3.69. The van der Waals surface area contributed by atoms with Crippen LogP contribution in [-0.2, 0) is 4.74 Å². The number of amides is 2. The van der Waals surface area contributed by atoms with Crippen LogP contribution in [0.4, 0.5) is 4.79 Å². The van der Waals surface area contributed by atoms with Crippen molar-refractivity contribution in [1.29, 1.82) is 0 Å². The second-order valence-corrected chi connectivity index (χ2v) is 4.95. The molecule has 0 saturated heterocycles. The summed E-state index contributed by atoms with van der Waals surface area (Å²) in [6.07, 6.45) is 1.35. The van der Waals surface area contributed by atoms with Crippen molar-refractivity contribution in [2.75, 3.05) is 7.11 Å². The predicted molar refractivity (Wildman–Crippen MR) is 88.4 cm³/mol. The maximum atomic E-state index is 11.7. The summed E-state index contributed by atoms with van der Waals surface area (Å²) in [6, 6.07) is 6.36. The molecule has 0 aliphatic rings. The third-order valence-electron chi connectivity index (χ3n) is 3.57. The van der Waals surface area contributed by atoms with Gasteiger partial charge in [0.2, 0.25) is 0 Å². The van der Waals surface area contributed by atoms with Gasteiger partial charge < -0.3 is 9.15 Å². The van der Waals surface area contributed by atoms with Crippen LogP contribution in [0.3, 0.4) is 0 Å². The van der Waals surface area contributed by atoms with Crippen LogP contribution in [0.5, 0.6) is 0 Å². The number of methoxy groups -OCH3 is 1. The van der Waals surface area contributed by atoms with Crippen molar-refractivity contribution >= 4 is 18.2 Å². The number of hydrazone groups is 1. The van der Waals surface area contributed by atoms with E-state index in [1.165, 1.54) is 13.3 Å². The van der Waals surface area contributed by atoms with E-state index in [0.717, 1.165) is 16.7 Å². The zero-order valence-corrected chi connectivity index (χ0v) is 13.5. The van der Waals surface area contributed by atoms with E-state index in [1.54, 1.807) is 24.3 Å². The van der Waals surface area contributed by atoms with Crippen LogP contribution in [0.25, 0.3) is 11.3 Å². The number of hydrogen-bond acceptors (Lipinski definition) is 6. The van der Waals surface area contributed by atoms with E-state index in [4.69, 9.17) is 15.0 Å².